The maximum atomic E-state index is 10.7. The van der Waals surface area contributed by atoms with E-state index in [4.69, 9.17) is 5.11 Å². The van der Waals surface area contributed by atoms with Crippen molar-refractivity contribution in [2.24, 2.45) is 5.92 Å². The third-order valence-electron chi connectivity index (χ3n) is 2.15. The number of thioether (sulfide) groups is 1. The summed E-state index contributed by atoms with van der Waals surface area (Å²) in [4.78, 5) is 24.9. The molecule has 0 saturated carbocycles. The molecule has 1 atom stereocenters. The Kier molecular flexibility index (Phi) is 4.45. The van der Waals surface area contributed by atoms with E-state index in [1.807, 2.05) is 0 Å². The van der Waals surface area contributed by atoms with Crippen LogP contribution in [0.1, 0.15) is 12.5 Å². The minimum atomic E-state index is -0.890. The minimum Gasteiger partial charge on any atom is -0.481 e. The zero-order valence-electron chi connectivity index (χ0n) is 9.41. The van der Waals surface area contributed by atoms with Crippen molar-refractivity contribution in [2.75, 3.05) is 5.75 Å². The molecule has 6 nitrogen and oxygen atoms in total. The summed E-state index contributed by atoms with van der Waals surface area (Å²) in [5.74, 6) is -1.07. The van der Waals surface area contributed by atoms with E-state index in [-0.39, 0.29) is 5.69 Å². The molecule has 0 aliphatic heterocycles. The van der Waals surface area contributed by atoms with Gasteiger partial charge >= 0.3 is 5.97 Å². The molecule has 1 N–H and O–H groups in total. The first kappa shape index (κ1) is 13.4. The smallest absolute Gasteiger partial charge is 0.307 e. The lowest BCUT2D eigenvalue weighted by Crippen LogP contribution is -2.11. The second-order valence-electron chi connectivity index (χ2n) is 3.62. The highest BCUT2D eigenvalue weighted by atomic mass is 32.2. The van der Waals surface area contributed by atoms with E-state index >= 15 is 0 Å². The van der Waals surface area contributed by atoms with Crippen molar-refractivity contribution < 1.29 is 14.8 Å². The number of nitro groups is 1. The van der Waals surface area contributed by atoms with Gasteiger partial charge in [0.15, 0.2) is 0 Å². The zero-order chi connectivity index (χ0) is 13.0. The van der Waals surface area contributed by atoms with Gasteiger partial charge in [-0.15, -0.1) is 11.8 Å². The number of carbonyl (C=O) groups is 1. The molecule has 0 aliphatic rings. The maximum absolute atomic E-state index is 10.7. The van der Waals surface area contributed by atoms with E-state index in [2.05, 4.69) is 4.98 Å². The molecular formula is C10H12N2O4S. The van der Waals surface area contributed by atoms with Gasteiger partial charge in [-0.1, -0.05) is 6.92 Å². The molecule has 1 aromatic rings. The van der Waals surface area contributed by atoms with E-state index in [1.54, 1.807) is 13.8 Å². The fourth-order valence-electron chi connectivity index (χ4n) is 1.05. The second-order valence-corrected chi connectivity index (χ2v) is 4.66. The average Bonchev–Trinajstić information content (AvgIpc) is 2.26. The molecule has 0 radical (unpaired) electrons. The fourth-order valence-corrected chi connectivity index (χ4v) is 1.94. The summed E-state index contributed by atoms with van der Waals surface area (Å²) >= 11 is 1.20. The van der Waals surface area contributed by atoms with E-state index in [0.717, 1.165) is 0 Å². The Labute approximate surface area is 102 Å². The third-order valence-corrected chi connectivity index (χ3v) is 3.33. The SMILES string of the molecule is Cc1cnc(SCC(C)C(=O)O)cc1[N+](=O)[O-]. The van der Waals surface area contributed by atoms with Crippen LogP contribution in [-0.4, -0.2) is 26.7 Å². The van der Waals surface area contributed by atoms with Gasteiger partial charge in [0.2, 0.25) is 0 Å². The molecular weight excluding hydrogens is 244 g/mol. The fraction of sp³-hybridized carbons (Fsp3) is 0.400. The van der Waals surface area contributed by atoms with Crippen LogP contribution in [0.25, 0.3) is 0 Å². The highest BCUT2D eigenvalue weighted by molar-refractivity contribution is 7.99. The summed E-state index contributed by atoms with van der Waals surface area (Å²) in [6.07, 6.45) is 1.42. The van der Waals surface area contributed by atoms with Gasteiger partial charge < -0.3 is 5.11 Å². The first-order chi connectivity index (χ1) is 7.91. The quantitative estimate of drug-likeness (QED) is 0.492. The molecule has 0 amide bonds. The Morgan fingerprint density at radius 1 is 1.71 bits per heavy atom. The summed E-state index contributed by atoms with van der Waals surface area (Å²) in [5.41, 5.74) is 0.496. The van der Waals surface area contributed by atoms with Crippen molar-refractivity contribution in [3.63, 3.8) is 0 Å². The van der Waals surface area contributed by atoms with Crippen LogP contribution in [-0.2, 0) is 4.79 Å². The van der Waals surface area contributed by atoms with Gasteiger partial charge in [-0.2, -0.15) is 0 Å². The number of pyridine rings is 1. The molecule has 1 aromatic heterocycles. The lowest BCUT2D eigenvalue weighted by molar-refractivity contribution is -0.385. The number of rotatable bonds is 5. The number of nitrogens with zero attached hydrogens (tertiary/aromatic N) is 2. The monoisotopic (exact) mass is 256 g/mol. The number of carboxylic acids is 1. The van der Waals surface area contributed by atoms with Gasteiger partial charge in [-0.3, -0.25) is 14.9 Å². The summed E-state index contributed by atoms with van der Waals surface area (Å²) < 4.78 is 0. The highest BCUT2D eigenvalue weighted by Gasteiger charge is 2.15. The molecule has 0 aliphatic carbocycles. The van der Waals surface area contributed by atoms with Crippen LogP contribution in [0, 0.1) is 23.0 Å². The van der Waals surface area contributed by atoms with Gasteiger partial charge in [0.05, 0.1) is 10.8 Å². The van der Waals surface area contributed by atoms with Crippen molar-refractivity contribution in [1.29, 1.82) is 0 Å². The molecule has 0 bridgehead atoms. The van der Waals surface area contributed by atoms with Gasteiger partial charge in [0.1, 0.15) is 5.03 Å². The van der Waals surface area contributed by atoms with Gasteiger partial charge in [-0.05, 0) is 6.92 Å². The Bertz CT molecular complexity index is 450. The Balaban J connectivity index is 2.76. The van der Waals surface area contributed by atoms with E-state index in [1.165, 1.54) is 24.0 Å². The summed E-state index contributed by atoms with van der Waals surface area (Å²) in [5, 5.41) is 19.9. The molecule has 1 heterocycles. The van der Waals surface area contributed by atoms with Crippen molar-refractivity contribution in [2.45, 2.75) is 18.9 Å². The lowest BCUT2D eigenvalue weighted by Gasteiger charge is -2.05. The second kappa shape index (κ2) is 5.62. The van der Waals surface area contributed by atoms with Crippen LogP contribution < -0.4 is 0 Å². The standard InChI is InChI=1S/C10H12N2O4S/c1-6-4-11-9(3-8(6)12(15)16)17-5-7(2)10(13)14/h3-4,7H,5H2,1-2H3,(H,13,14). The van der Waals surface area contributed by atoms with E-state index < -0.39 is 16.8 Å². The van der Waals surface area contributed by atoms with Crippen LogP contribution in [0.15, 0.2) is 17.3 Å². The summed E-state index contributed by atoms with van der Waals surface area (Å²) in [6.45, 7) is 3.19. The van der Waals surface area contributed by atoms with Gasteiger partial charge in [-0.25, -0.2) is 4.98 Å². The number of aliphatic carboxylic acids is 1. The van der Waals surface area contributed by atoms with Crippen molar-refractivity contribution in [3.8, 4) is 0 Å². The largest absolute Gasteiger partial charge is 0.481 e. The van der Waals surface area contributed by atoms with Crippen molar-refractivity contribution in [1.82, 2.24) is 4.98 Å². The Morgan fingerprint density at radius 2 is 2.35 bits per heavy atom. The number of carboxylic acid groups (broad SMARTS) is 1. The molecule has 0 spiro atoms. The molecule has 0 aromatic carbocycles. The topological polar surface area (TPSA) is 93.3 Å². The lowest BCUT2D eigenvalue weighted by atomic mass is 10.2. The molecule has 17 heavy (non-hydrogen) atoms. The zero-order valence-corrected chi connectivity index (χ0v) is 10.2. The van der Waals surface area contributed by atoms with Crippen molar-refractivity contribution >= 4 is 23.4 Å². The van der Waals surface area contributed by atoms with Crippen molar-refractivity contribution in [3.05, 3.63) is 27.9 Å². The first-order valence-electron chi connectivity index (χ1n) is 4.88. The molecule has 0 fully saturated rings. The van der Waals surface area contributed by atoms with E-state index in [0.29, 0.717) is 16.3 Å². The summed E-state index contributed by atoms with van der Waals surface area (Å²) in [7, 11) is 0. The Hall–Kier alpha value is -1.63. The van der Waals surface area contributed by atoms with Crippen LogP contribution in [0.2, 0.25) is 0 Å². The minimum absolute atomic E-state index is 0.00507. The summed E-state index contributed by atoms with van der Waals surface area (Å²) in [6, 6.07) is 1.37. The molecule has 1 unspecified atom stereocenters. The Morgan fingerprint density at radius 3 is 2.88 bits per heavy atom. The van der Waals surface area contributed by atoms with Crippen LogP contribution >= 0.6 is 11.8 Å². The molecule has 1 rings (SSSR count). The number of hydrogen-bond donors (Lipinski definition) is 1. The molecule has 7 heteroatoms. The molecule has 0 saturated heterocycles. The van der Waals surface area contributed by atoms with Gasteiger partial charge in [0, 0.05) is 23.6 Å². The number of aryl methyl sites for hydroxylation is 1. The van der Waals surface area contributed by atoms with Crippen LogP contribution in [0.5, 0.6) is 0 Å². The van der Waals surface area contributed by atoms with Crippen LogP contribution in [0.4, 0.5) is 5.69 Å². The third kappa shape index (κ3) is 3.70. The normalized spacial score (nSPS) is 12.1. The maximum Gasteiger partial charge on any atom is 0.307 e. The van der Waals surface area contributed by atoms with Gasteiger partial charge in [0.25, 0.3) is 5.69 Å². The van der Waals surface area contributed by atoms with Crippen LogP contribution in [0.3, 0.4) is 0 Å². The average molecular weight is 256 g/mol. The highest BCUT2D eigenvalue weighted by Crippen LogP contribution is 2.25. The number of aromatic nitrogens is 1. The predicted octanol–water partition coefficient (Wildman–Crippen LogP) is 2.11. The first-order valence-corrected chi connectivity index (χ1v) is 5.87. The predicted molar refractivity (Wildman–Crippen MR) is 63.2 cm³/mol. The van der Waals surface area contributed by atoms with E-state index in [9.17, 15) is 14.9 Å². The number of hydrogen-bond acceptors (Lipinski definition) is 5. The molecule has 92 valence electrons.